The van der Waals surface area contributed by atoms with Crippen LogP contribution in [0.5, 0.6) is 5.75 Å². The number of nitrogens with one attached hydrogen (secondary N) is 2. The van der Waals surface area contributed by atoms with Crippen molar-refractivity contribution < 1.29 is 14.4 Å². The zero-order valence-electron chi connectivity index (χ0n) is 23.5. The smallest absolute Gasteiger partial charge is 0.294 e. The van der Waals surface area contributed by atoms with Gasteiger partial charge in [0.25, 0.3) is 5.69 Å². The van der Waals surface area contributed by atoms with E-state index in [-0.39, 0.29) is 16.1 Å². The molecule has 1 aliphatic rings. The second-order valence-electron chi connectivity index (χ2n) is 10.8. The maximum absolute atomic E-state index is 12.1. The van der Waals surface area contributed by atoms with Gasteiger partial charge in [0.05, 0.1) is 42.3 Å². The molecule has 40 heavy (non-hydrogen) atoms. The Bertz CT molecular complexity index is 1540. The third-order valence-corrected chi connectivity index (χ3v) is 6.94. The summed E-state index contributed by atoms with van der Waals surface area (Å²) < 4.78 is 13.7. The van der Waals surface area contributed by atoms with Crippen molar-refractivity contribution in [2.75, 3.05) is 44.1 Å². The summed E-state index contributed by atoms with van der Waals surface area (Å²) in [5, 5.41) is 19.7. The largest absolute Gasteiger partial charge is 0.494 e. The number of hydrogen-bond donors (Lipinski definition) is 2. The number of anilines is 3. The highest BCUT2D eigenvalue weighted by Gasteiger charge is 2.24. The number of nitrogens with zero attached hydrogens (tertiary/aromatic N) is 5. The number of nitro benzene ring substituents is 1. The predicted octanol–water partition coefficient (Wildman–Crippen LogP) is 5.11. The lowest BCUT2D eigenvalue weighted by atomic mass is 10.1. The lowest BCUT2D eigenvalue weighted by molar-refractivity contribution is -0.384. The Labute approximate surface area is 233 Å². The van der Waals surface area contributed by atoms with Crippen LogP contribution in [0.4, 0.5) is 23.0 Å². The number of likely N-dealkylation sites (N-methyl/N-ethyl adjacent to an activating group) is 1. The van der Waals surface area contributed by atoms with Crippen LogP contribution in [0.3, 0.4) is 0 Å². The van der Waals surface area contributed by atoms with Crippen LogP contribution in [0.1, 0.15) is 26.5 Å². The van der Waals surface area contributed by atoms with E-state index in [1.54, 1.807) is 12.3 Å². The van der Waals surface area contributed by atoms with Gasteiger partial charge in [0.15, 0.2) is 0 Å². The molecular weight excluding hydrogens is 510 g/mol. The minimum Gasteiger partial charge on any atom is -0.494 e. The zero-order valence-corrected chi connectivity index (χ0v) is 23.5. The molecule has 0 bridgehead atoms. The Morgan fingerprint density at radius 2 is 2.02 bits per heavy atom. The number of rotatable bonds is 9. The molecule has 0 radical (unpaired) electrons. The number of hydrogen-bond acceptors (Lipinski definition) is 9. The van der Waals surface area contributed by atoms with Crippen LogP contribution in [-0.2, 0) is 17.9 Å². The Morgan fingerprint density at radius 3 is 2.77 bits per heavy atom. The molecule has 2 aromatic carbocycles. The van der Waals surface area contributed by atoms with E-state index in [1.807, 2.05) is 30.1 Å². The Balaban J connectivity index is 1.48. The second kappa shape index (κ2) is 11.1. The molecule has 4 aromatic rings. The average molecular weight is 546 g/mol. The lowest BCUT2D eigenvalue weighted by Crippen LogP contribution is -2.40. The van der Waals surface area contributed by atoms with Gasteiger partial charge in [-0.25, -0.2) is 9.97 Å². The monoisotopic (exact) mass is 545 g/mol. The maximum atomic E-state index is 12.1. The molecule has 0 saturated carbocycles. The molecule has 0 unspecified atom stereocenters. The number of para-hydroxylation sites is 1. The lowest BCUT2D eigenvalue weighted by Gasteiger charge is -2.25. The fraction of sp³-hybridized carbons (Fsp3) is 0.379. The number of fused-ring (bicyclic) bond motifs is 3. The molecule has 0 spiro atoms. The summed E-state index contributed by atoms with van der Waals surface area (Å²) in [6.07, 6.45) is 1.68. The van der Waals surface area contributed by atoms with Crippen LogP contribution in [0.2, 0.25) is 0 Å². The first-order valence-electron chi connectivity index (χ1n) is 13.3. The zero-order chi connectivity index (χ0) is 28.4. The molecule has 2 N–H and O–H groups in total. The van der Waals surface area contributed by atoms with E-state index in [2.05, 4.69) is 53.1 Å². The molecule has 0 fully saturated rings. The number of aromatic nitrogens is 3. The Morgan fingerprint density at radius 1 is 1.23 bits per heavy atom. The molecule has 210 valence electrons. The van der Waals surface area contributed by atoms with Gasteiger partial charge in [-0.15, -0.1) is 0 Å². The molecule has 0 atom stereocenters. The summed E-state index contributed by atoms with van der Waals surface area (Å²) in [5.41, 5.74) is 4.73. The highest BCUT2D eigenvalue weighted by molar-refractivity contribution is 5.97. The van der Waals surface area contributed by atoms with Crippen LogP contribution in [-0.4, -0.2) is 58.9 Å². The van der Waals surface area contributed by atoms with Gasteiger partial charge in [-0.3, -0.25) is 10.1 Å². The number of ether oxygens (including phenoxy) is 2. The minimum atomic E-state index is -0.384. The fourth-order valence-electron chi connectivity index (χ4n) is 5.05. The van der Waals surface area contributed by atoms with Crippen molar-refractivity contribution >= 4 is 33.9 Å². The Kier molecular flexibility index (Phi) is 7.59. The van der Waals surface area contributed by atoms with Crippen molar-refractivity contribution in [3.05, 3.63) is 64.5 Å². The summed E-state index contributed by atoms with van der Waals surface area (Å²) in [5.74, 6) is 0.756. The maximum Gasteiger partial charge on any atom is 0.294 e. The van der Waals surface area contributed by atoms with Crippen LogP contribution >= 0.6 is 0 Å². The van der Waals surface area contributed by atoms with E-state index in [1.165, 1.54) is 13.2 Å². The second-order valence-corrected chi connectivity index (χ2v) is 10.8. The molecule has 3 heterocycles. The average Bonchev–Trinajstić information content (AvgIpc) is 3.26. The highest BCUT2D eigenvalue weighted by Crippen LogP contribution is 2.40. The molecule has 0 aliphatic carbocycles. The normalized spacial score (nSPS) is 13.2. The first kappa shape index (κ1) is 27.4. The first-order chi connectivity index (χ1) is 19.2. The van der Waals surface area contributed by atoms with Crippen molar-refractivity contribution in [1.29, 1.82) is 0 Å². The van der Waals surface area contributed by atoms with Crippen molar-refractivity contribution in [2.45, 2.75) is 39.5 Å². The molecule has 11 nitrogen and oxygen atoms in total. The predicted molar refractivity (Wildman–Crippen MR) is 157 cm³/mol. The van der Waals surface area contributed by atoms with E-state index in [0.29, 0.717) is 49.4 Å². The van der Waals surface area contributed by atoms with Gasteiger partial charge in [-0.1, -0.05) is 18.2 Å². The van der Waals surface area contributed by atoms with Crippen LogP contribution in [0, 0.1) is 10.1 Å². The van der Waals surface area contributed by atoms with Crippen molar-refractivity contribution in [3.63, 3.8) is 0 Å². The molecule has 0 amide bonds. The quantitative estimate of drug-likeness (QED) is 0.218. The van der Waals surface area contributed by atoms with Gasteiger partial charge >= 0.3 is 0 Å². The SMILES string of the molecule is COc1cc(N(C)CCNC(C)(C)C)c([N+](=O)[O-])cc1Nc1nccc(-c2c3n(c4ccccc24)CCOC3)n1. The van der Waals surface area contributed by atoms with Crippen molar-refractivity contribution in [2.24, 2.45) is 0 Å². The number of benzene rings is 2. The third kappa shape index (κ3) is 5.56. The minimum absolute atomic E-state index is 0.0395. The van der Waals surface area contributed by atoms with E-state index < -0.39 is 0 Å². The molecule has 1 aliphatic heterocycles. The van der Waals surface area contributed by atoms with Crippen LogP contribution < -0.4 is 20.3 Å². The van der Waals surface area contributed by atoms with E-state index in [0.717, 1.165) is 34.4 Å². The molecule has 11 heteroatoms. The van der Waals surface area contributed by atoms with Crippen LogP contribution in [0.15, 0.2) is 48.7 Å². The fourth-order valence-corrected chi connectivity index (χ4v) is 5.05. The van der Waals surface area contributed by atoms with Gasteiger partial charge in [0.1, 0.15) is 11.4 Å². The van der Waals surface area contributed by atoms with Crippen LogP contribution in [0.25, 0.3) is 22.2 Å². The summed E-state index contributed by atoms with van der Waals surface area (Å²) in [6.45, 7) is 9.44. The standard InChI is InChI=1S/C29H35N7O4/c1-29(2,3)31-12-13-34(4)23-17-26(39-5)21(16-24(23)36(37)38)33-28-30-11-10-20(32-28)27-19-8-6-7-9-22(19)35-14-15-40-18-25(27)35/h6-11,16-17,31H,12-15,18H2,1-5H3,(H,30,32,33). The van der Waals surface area contributed by atoms with Gasteiger partial charge in [0, 0.05) is 67.0 Å². The van der Waals surface area contributed by atoms with E-state index >= 15 is 0 Å². The summed E-state index contributed by atoms with van der Waals surface area (Å²) in [4.78, 5) is 22.8. The topological polar surface area (TPSA) is 120 Å². The van der Waals surface area contributed by atoms with Crippen molar-refractivity contribution in [1.82, 2.24) is 19.9 Å². The molecule has 2 aromatic heterocycles. The Hall–Kier alpha value is -4.22. The van der Waals surface area contributed by atoms with Crippen molar-refractivity contribution in [3.8, 4) is 17.0 Å². The van der Waals surface area contributed by atoms with Gasteiger partial charge in [-0.05, 0) is 32.9 Å². The van der Waals surface area contributed by atoms with E-state index in [9.17, 15) is 10.1 Å². The third-order valence-electron chi connectivity index (χ3n) is 6.94. The van der Waals surface area contributed by atoms with Gasteiger partial charge < -0.3 is 29.6 Å². The van der Waals surface area contributed by atoms with E-state index in [4.69, 9.17) is 14.5 Å². The molecular formula is C29H35N7O4. The molecule has 5 rings (SSSR count). The summed E-state index contributed by atoms with van der Waals surface area (Å²) in [7, 11) is 3.37. The number of nitro groups is 1. The first-order valence-corrected chi connectivity index (χ1v) is 13.3. The summed E-state index contributed by atoms with van der Waals surface area (Å²) in [6, 6.07) is 13.3. The summed E-state index contributed by atoms with van der Waals surface area (Å²) >= 11 is 0. The molecule has 0 saturated heterocycles. The van der Waals surface area contributed by atoms with Gasteiger partial charge in [0.2, 0.25) is 5.95 Å². The number of methoxy groups -OCH3 is 1. The van der Waals surface area contributed by atoms with Gasteiger partial charge in [-0.2, -0.15) is 0 Å². The highest BCUT2D eigenvalue weighted by atomic mass is 16.6.